The molecule has 0 spiro atoms. The van der Waals surface area contributed by atoms with Crippen molar-refractivity contribution in [2.45, 2.75) is 124 Å². The highest BCUT2D eigenvalue weighted by Gasteiger charge is 2.20. The van der Waals surface area contributed by atoms with Gasteiger partial charge in [-0.25, -0.2) is 4.79 Å². The van der Waals surface area contributed by atoms with E-state index in [1.165, 1.54) is 83.5 Å². The van der Waals surface area contributed by atoms with Crippen LogP contribution in [0.4, 0.5) is 0 Å². The Morgan fingerprint density at radius 1 is 0.733 bits per heavy atom. The zero-order valence-corrected chi connectivity index (χ0v) is 20.2. The van der Waals surface area contributed by atoms with E-state index in [4.69, 9.17) is 0 Å². The summed E-state index contributed by atoms with van der Waals surface area (Å²) in [6.07, 6.45) is 21.5. The molecule has 170 valence electrons. The number of benzene rings is 1. The normalized spacial score (nSPS) is 11.1. The largest absolute Gasteiger partial charge is 0.478 e. The molecule has 1 rings (SSSR count). The molecule has 1 N–H and O–H groups in total. The van der Waals surface area contributed by atoms with Crippen molar-refractivity contribution in [2.75, 3.05) is 0 Å². The van der Waals surface area contributed by atoms with Gasteiger partial charge in [-0.1, -0.05) is 103 Å². The molecule has 30 heavy (non-hydrogen) atoms. The van der Waals surface area contributed by atoms with E-state index < -0.39 is 5.97 Å². The second-order valence-corrected chi connectivity index (χ2v) is 9.00. The minimum atomic E-state index is -0.797. The van der Waals surface area contributed by atoms with Gasteiger partial charge in [-0.05, 0) is 61.4 Å². The van der Waals surface area contributed by atoms with E-state index in [1.54, 1.807) is 0 Å². The fourth-order valence-corrected chi connectivity index (χ4v) is 4.65. The van der Waals surface area contributed by atoms with Crippen LogP contribution in [0.25, 0.3) is 6.08 Å². The lowest BCUT2D eigenvalue weighted by atomic mass is 9.86. The maximum absolute atomic E-state index is 11.9. The van der Waals surface area contributed by atoms with Crippen LogP contribution in [0.15, 0.2) is 6.58 Å². The lowest BCUT2D eigenvalue weighted by Gasteiger charge is -2.19. The van der Waals surface area contributed by atoms with Crippen molar-refractivity contribution in [3.05, 3.63) is 40.0 Å². The molecule has 0 unspecified atom stereocenters. The van der Waals surface area contributed by atoms with E-state index in [0.717, 1.165) is 40.7 Å². The highest BCUT2D eigenvalue weighted by molar-refractivity contribution is 5.93. The molecular weight excluding hydrogens is 368 g/mol. The average Bonchev–Trinajstić information content (AvgIpc) is 2.72. The Balaban J connectivity index is 2.28. The molecule has 2 nitrogen and oxygen atoms in total. The molecule has 1 aromatic carbocycles. The predicted octanol–water partition coefficient (Wildman–Crippen LogP) is 8.98. The molecule has 0 bridgehead atoms. The third-order valence-electron chi connectivity index (χ3n) is 6.70. The summed E-state index contributed by atoms with van der Waals surface area (Å²) in [5, 5.41) is 9.75. The Morgan fingerprint density at radius 3 is 1.57 bits per heavy atom. The lowest BCUT2D eigenvalue weighted by molar-refractivity contribution is 0.0694. The van der Waals surface area contributed by atoms with E-state index in [2.05, 4.69) is 20.4 Å². The van der Waals surface area contributed by atoms with E-state index in [1.807, 2.05) is 19.9 Å². The minimum Gasteiger partial charge on any atom is -0.478 e. The molecule has 0 saturated heterocycles. The van der Waals surface area contributed by atoms with Crippen molar-refractivity contribution in [2.24, 2.45) is 0 Å². The molecule has 0 aliphatic heterocycles. The Labute approximate surface area is 186 Å². The molecule has 2 heteroatoms. The van der Waals surface area contributed by atoms with Gasteiger partial charge >= 0.3 is 5.97 Å². The Morgan fingerprint density at radius 2 is 1.17 bits per heavy atom. The van der Waals surface area contributed by atoms with Crippen molar-refractivity contribution in [1.29, 1.82) is 0 Å². The molecule has 0 aromatic heterocycles. The second-order valence-electron chi connectivity index (χ2n) is 9.00. The van der Waals surface area contributed by atoms with E-state index >= 15 is 0 Å². The number of hydrogen-bond acceptors (Lipinski definition) is 1. The molecule has 0 aliphatic rings. The minimum absolute atomic E-state index is 0.519. The number of rotatable bonds is 17. The SMILES string of the molecule is C=Cc1c(C)c(C)c(C(=O)O)c(CCCCCCCCCCCCCCCC)c1C. The number of aromatic carboxylic acids is 1. The predicted molar refractivity (Wildman–Crippen MR) is 132 cm³/mol. The standard InChI is InChI=1S/C28H46O2/c1-6-8-9-10-11-12-13-14-15-16-17-18-19-20-21-26-24(5)25(7-2)22(3)23(4)27(26)28(29)30/h7H,2,6,8-21H2,1,3-5H3,(H,29,30). The van der Waals surface area contributed by atoms with Crippen LogP contribution in [0.3, 0.4) is 0 Å². The fraction of sp³-hybridized carbons (Fsp3) is 0.679. The van der Waals surface area contributed by atoms with E-state index in [-0.39, 0.29) is 0 Å². The third-order valence-corrected chi connectivity index (χ3v) is 6.70. The van der Waals surface area contributed by atoms with Crippen LogP contribution >= 0.6 is 0 Å². The summed E-state index contributed by atoms with van der Waals surface area (Å²) in [5.41, 5.74) is 5.68. The number of carbonyl (C=O) groups is 1. The van der Waals surface area contributed by atoms with Crippen LogP contribution in [0.2, 0.25) is 0 Å². The Kier molecular flexibility index (Phi) is 13.5. The van der Waals surface area contributed by atoms with Crippen molar-refractivity contribution >= 4 is 12.0 Å². The van der Waals surface area contributed by atoms with Crippen LogP contribution in [-0.4, -0.2) is 11.1 Å². The summed E-state index contributed by atoms with van der Waals surface area (Å²) in [5.74, 6) is -0.797. The second kappa shape index (κ2) is 15.3. The highest BCUT2D eigenvalue weighted by Crippen LogP contribution is 2.29. The monoisotopic (exact) mass is 414 g/mol. The summed E-state index contributed by atoms with van der Waals surface area (Å²) in [4.78, 5) is 11.9. The van der Waals surface area contributed by atoms with Gasteiger partial charge in [0.05, 0.1) is 5.56 Å². The highest BCUT2D eigenvalue weighted by atomic mass is 16.4. The van der Waals surface area contributed by atoms with Gasteiger partial charge in [-0.3, -0.25) is 0 Å². The maximum Gasteiger partial charge on any atom is 0.336 e. The van der Waals surface area contributed by atoms with Crippen molar-refractivity contribution in [3.8, 4) is 0 Å². The molecule has 0 saturated carbocycles. The van der Waals surface area contributed by atoms with Crippen LogP contribution in [0, 0.1) is 20.8 Å². The first-order chi connectivity index (χ1) is 14.5. The first-order valence-electron chi connectivity index (χ1n) is 12.4. The number of hydrogen-bond donors (Lipinski definition) is 1. The first kappa shape index (κ1) is 26.5. The molecule has 0 atom stereocenters. The zero-order valence-electron chi connectivity index (χ0n) is 20.2. The van der Waals surface area contributed by atoms with Crippen LogP contribution < -0.4 is 0 Å². The topological polar surface area (TPSA) is 37.3 Å². The van der Waals surface area contributed by atoms with Gasteiger partial charge in [0.25, 0.3) is 0 Å². The fourth-order valence-electron chi connectivity index (χ4n) is 4.65. The van der Waals surface area contributed by atoms with Gasteiger partial charge in [-0.15, -0.1) is 0 Å². The molecular formula is C28H46O2. The van der Waals surface area contributed by atoms with Crippen molar-refractivity contribution in [1.82, 2.24) is 0 Å². The van der Waals surface area contributed by atoms with Crippen LogP contribution in [0.5, 0.6) is 0 Å². The summed E-state index contributed by atoms with van der Waals surface area (Å²) in [7, 11) is 0. The molecule has 0 aliphatic carbocycles. The quantitative estimate of drug-likeness (QED) is 0.258. The van der Waals surface area contributed by atoms with Gasteiger partial charge in [-0.2, -0.15) is 0 Å². The maximum atomic E-state index is 11.9. The number of unbranched alkanes of at least 4 members (excludes halogenated alkanes) is 13. The molecule has 1 aromatic rings. The van der Waals surface area contributed by atoms with Gasteiger partial charge in [0.2, 0.25) is 0 Å². The van der Waals surface area contributed by atoms with Gasteiger partial charge in [0.1, 0.15) is 0 Å². The summed E-state index contributed by atoms with van der Waals surface area (Å²) >= 11 is 0. The number of carboxylic acid groups (broad SMARTS) is 1. The zero-order chi connectivity index (χ0) is 22.4. The molecule has 0 radical (unpaired) electrons. The summed E-state index contributed by atoms with van der Waals surface area (Å²) in [6.45, 7) is 12.2. The third kappa shape index (κ3) is 8.66. The van der Waals surface area contributed by atoms with Crippen molar-refractivity contribution < 1.29 is 9.90 Å². The Bertz CT molecular complexity index is 657. The smallest absolute Gasteiger partial charge is 0.336 e. The van der Waals surface area contributed by atoms with E-state index in [9.17, 15) is 9.90 Å². The summed E-state index contributed by atoms with van der Waals surface area (Å²) < 4.78 is 0. The number of carboxylic acids is 1. The molecule has 0 heterocycles. The van der Waals surface area contributed by atoms with Gasteiger partial charge in [0.15, 0.2) is 0 Å². The Hall–Kier alpha value is -1.57. The molecule has 0 fully saturated rings. The summed E-state index contributed by atoms with van der Waals surface area (Å²) in [6, 6.07) is 0. The lowest BCUT2D eigenvalue weighted by Crippen LogP contribution is -2.11. The first-order valence-corrected chi connectivity index (χ1v) is 12.4. The van der Waals surface area contributed by atoms with Crippen molar-refractivity contribution in [3.63, 3.8) is 0 Å². The van der Waals surface area contributed by atoms with Gasteiger partial charge < -0.3 is 5.11 Å². The average molecular weight is 415 g/mol. The van der Waals surface area contributed by atoms with E-state index in [0.29, 0.717) is 5.56 Å². The van der Waals surface area contributed by atoms with Crippen LogP contribution in [-0.2, 0) is 6.42 Å². The van der Waals surface area contributed by atoms with Gasteiger partial charge in [0, 0.05) is 0 Å². The molecule has 0 amide bonds. The van der Waals surface area contributed by atoms with Crippen LogP contribution in [0.1, 0.15) is 135 Å².